The molecule has 1 aliphatic rings. The van der Waals surface area contributed by atoms with E-state index in [-0.39, 0.29) is 17.4 Å². The normalized spacial score (nSPS) is 16.6. The molecular formula is C22H26ClFN6. The third kappa shape index (κ3) is 4.18. The molecule has 2 heterocycles. The fraction of sp³-hybridized carbons (Fsp3) is 0.409. The molecule has 0 N–H and O–H groups in total. The van der Waals surface area contributed by atoms with Crippen LogP contribution in [0.3, 0.4) is 0 Å². The van der Waals surface area contributed by atoms with Crippen molar-refractivity contribution in [3.63, 3.8) is 0 Å². The lowest BCUT2D eigenvalue weighted by atomic mass is 10.0. The molecule has 1 aromatic heterocycles. The zero-order chi connectivity index (χ0) is 21.3. The maximum Gasteiger partial charge on any atom is 0.173 e. The number of piperazine rings is 1. The van der Waals surface area contributed by atoms with Crippen LogP contribution in [0.1, 0.15) is 38.2 Å². The van der Waals surface area contributed by atoms with Crippen molar-refractivity contribution in [1.29, 1.82) is 0 Å². The van der Waals surface area contributed by atoms with Gasteiger partial charge >= 0.3 is 0 Å². The number of nitrogens with zero attached hydrogens (tertiary/aromatic N) is 6. The predicted molar refractivity (Wildman–Crippen MR) is 116 cm³/mol. The van der Waals surface area contributed by atoms with E-state index >= 15 is 0 Å². The van der Waals surface area contributed by atoms with Crippen LogP contribution in [-0.2, 0) is 5.54 Å². The molecule has 158 valence electrons. The summed E-state index contributed by atoms with van der Waals surface area (Å²) in [4.78, 5) is 4.56. The molecule has 1 atom stereocenters. The molecule has 8 heteroatoms. The molecule has 3 aromatic rings. The lowest BCUT2D eigenvalue weighted by Gasteiger charge is -2.40. The third-order valence-electron chi connectivity index (χ3n) is 5.43. The van der Waals surface area contributed by atoms with Gasteiger partial charge < -0.3 is 4.90 Å². The average molecular weight is 429 g/mol. The van der Waals surface area contributed by atoms with Gasteiger partial charge in [0.1, 0.15) is 11.9 Å². The van der Waals surface area contributed by atoms with Crippen LogP contribution >= 0.6 is 11.6 Å². The molecule has 0 bridgehead atoms. The number of rotatable bonds is 4. The molecule has 1 saturated heterocycles. The summed E-state index contributed by atoms with van der Waals surface area (Å²) in [5.74, 6) is 0.409. The van der Waals surface area contributed by atoms with E-state index in [9.17, 15) is 4.39 Å². The molecule has 6 nitrogen and oxygen atoms in total. The molecule has 0 spiro atoms. The van der Waals surface area contributed by atoms with Crippen molar-refractivity contribution in [1.82, 2.24) is 25.1 Å². The summed E-state index contributed by atoms with van der Waals surface area (Å²) < 4.78 is 16.7. The Labute approximate surface area is 181 Å². The molecule has 0 saturated carbocycles. The maximum atomic E-state index is 14.9. The van der Waals surface area contributed by atoms with Gasteiger partial charge in [0.15, 0.2) is 5.82 Å². The molecule has 1 aliphatic heterocycles. The van der Waals surface area contributed by atoms with Crippen molar-refractivity contribution in [3.05, 3.63) is 70.8 Å². The number of anilines is 1. The summed E-state index contributed by atoms with van der Waals surface area (Å²) in [6.07, 6.45) is 0. The second-order valence-electron chi connectivity index (χ2n) is 8.55. The number of hydrogen-bond donors (Lipinski definition) is 0. The van der Waals surface area contributed by atoms with E-state index in [1.165, 1.54) is 6.07 Å². The van der Waals surface area contributed by atoms with Gasteiger partial charge in [-0.25, -0.2) is 9.07 Å². The van der Waals surface area contributed by atoms with Crippen LogP contribution < -0.4 is 4.90 Å². The first-order valence-corrected chi connectivity index (χ1v) is 10.5. The maximum absolute atomic E-state index is 14.9. The van der Waals surface area contributed by atoms with Crippen LogP contribution in [0.2, 0.25) is 5.02 Å². The van der Waals surface area contributed by atoms with Gasteiger partial charge in [-0.05, 0) is 55.5 Å². The summed E-state index contributed by atoms with van der Waals surface area (Å²) in [6.45, 7) is 9.25. The fourth-order valence-corrected chi connectivity index (χ4v) is 4.13. The molecule has 30 heavy (non-hydrogen) atoms. The first kappa shape index (κ1) is 20.8. The monoisotopic (exact) mass is 428 g/mol. The van der Waals surface area contributed by atoms with Crippen LogP contribution in [0.5, 0.6) is 0 Å². The van der Waals surface area contributed by atoms with Gasteiger partial charge in [-0.15, -0.1) is 5.10 Å². The zero-order valence-electron chi connectivity index (χ0n) is 17.5. The van der Waals surface area contributed by atoms with Crippen LogP contribution in [-0.4, -0.2) is 51.3 Å². The van der Waals surface area contributed by atoms with E-state index in [0.29, 0.717) is 11.4 Å². The Hall–Kier alpha value is -2.51. The van der Waals surface area contributed by atoms with Gasteiger partial charge in [0.25, 0.3) is 0 Å². The molecule has 2 aromatic carbocycles. The first-order valence-electron chi connectivity index (χ1n) is 10.1. The van der Waals surface area contributed by atoms with Crippen LogP contribution in [0, 0.1) is 5.82 Å². The van der Waals surface area contributed by atoms with E-state index in [1.54, 1.807) is 10.7 Å². The average Bonchev–Trinajstić information content (AvgIpc) is 3.20. The third-order valence-corrected chi connectivity index (χ3v) is 5.66. The molecule has 1 fully saturated rings. The molecule has 4 rings (SSSR count). The second-order valence-corrected chi connectivity index (χ2v) is 8.98. The molecule has 1 unspecified atom stereocenters. The number of aromatic nitrogens is 4. The van der Waals surface area contributed by atoms with Crippen molar-refractivity contribution >= 4 is 17.3 Å². The highest BCUT2D eigenvalue weighted by molar-refractivity contribution is 6.30. The molecule has 0 radical (unpaired) electrons. The van der Waals surface area contributed by atoms with Crippen molar-refractivity contribution in [2.24, 2.45) is 0 Å². The Kier molecular flexibility index (Phi) is 5.75. The van der Waals surface area contributed by atoms with Crippen molar-refractivity contribution in [2.45, 2.75) is 32.4 Å². The number of benzene rings is 2. The van der Waals surface area contributed by atoms with Crippen LogP contribution in [0.15, 0.2) is 48.5 Å². The van der Waals surface area contributed by atoms with Crippen molar-refractivity contribution in [2.75, 3.05) is 31.1 Å². The van der Waals surface area contributed by atoms with Gasteiger partial charge in [-0.3, -0.25) is 4.90 Å². The highest BCUT2D eigenvalue weighted by Crippen LogP contribution is 2.32. The lowest BCUT2D eigenvalue weighted by Crippen LogP contribution is -2.49. The Morgan fingerprint density at radius 1 is 1.00 bits per heavy atom. The minimum Gasteiger partial charge on any atom is -0.369 e. The van der Waals surface area contributed by atoms with E-state index in [4.69, 9.17) is 11.6 Å². The predicted octanol–water partition coefficient (Wildman–Crippen LogP) is 4.13. The van der Waals surface area contributed by atoms with E-state index in [0.717, 1.165) is 36.9 Å². The minimum absolute atomic E-state index is 0.247. The smallest absolute Gasteiger partial charge is 0.173 e. The Morgan fingerprint density at radius 3 is 2.40 bits per heavy atom. The topological polar surface area (TPSA) is 50.1 Å². The van der Waals surface area contributed by atoms with Gasteiger partial charge in [-0.2, -0.15) is 0 Å². The zero-order valence-corrected chi connectivity index (χ0v) is 18.2. The van der Waals surface area contributed by atoms with Gasteiger partial charge in [0.2, 0.25) is 0 Å². The summed E-state index contributed by atoms with van der Waals surface area (Å²) in [5, 5.41) is 13.2. The lowest BCUT2D eigenvalue weighted by molar-refractivity contribution is 0.188. The summed E-state index contributed by atoms with van der Waals surface area (Å²) >= 11 is 6.16. The SMILES string of the molecule is CC(C)(C)n1nnnc1C(c1ccccc1F)N1CCN(c2cccc(Cl)c2)CC1. The summed E-state index contributed by atoms with van der Waals surface area (Å²) in [7, 11) is 0. The highest BCUT2D eigenvalue weighted by Gasteiger charge is 2.34. The standard InChI is InChI=1S/C22H26ClFN6/c1-22(2,3)30-21(25-26-27-30)20(18-9-4-5-10-19(18)24)29-13-11-28(12-14-29)17-8-6-7-16(23)15-17/h4-10,15,20H,11-14H2,1-3H3. The molecule has 0 amide bonds. The van der Waals surface area contributed by atoms with Crippen molar-refractivity contribution in [3.8, 4) is 0 Å². The number of halogens is 2. The van der Waals surface area contributed by atoms with Gasteiger partial charge in [0.05, 0.1) is 5.54 Å². The fourth-order valence-electron chi connectivity index (χ4n) is 3.95. The number of hydrogen-bond acceptors (Lipinski definition) is 5. The van der Waals surface area contributed by atoms with Gasteiger partial charge in [-0.1, -0.05) is 35.9 Å². The first-order chi connectivity index (χ1) is 14.3. The highest BCUT2D eigenvalue weighted by atomic mass is 35.5. The molecular weight excluding hydrogens is 403 g/mol. The summed E-state index contributed by atoms with van der Waals surface area (Å²) in [6, 6.07) is 14.4. The summed E-state index contributed by atoms with van der Waals surface area (Å²) in [5.41, 5.74) is 1.38. The minimum atomic E-state index is -0.359. The Balaban J connectivity index is 1.65. The largest absolute Gasteiger partial charge is 0.369 e. The van der Waals surface area contributed by atoms with E-state index in [1.807, 2.05) is 51.1 Å². The van der Waals surface area contributed by atoms with E-state index in [2.05, 4.69) is 31.4 Å². The Morgan fingerprint density at radius 2 is 1.73 bits per heavy atom. The second kappa shape index (κ2) is 8.32. The van der Waals surface area contributed by atoms with Crippen LogP contribution in [0.25, 0.3) is 0 Å². The number of tetrazole rings is 1. The van der Waals surface area contributed by atoms with Crippen LogP contribution in [0.4, 0.5) is 10.1 Å². The Bertz CT molecular complexity index is 1010. The van der Waals surface area contributed by atoms with Gasteiger partial charge in [0, 0.05) is 42.5 Å². The van der Waals surface area contributed by atoms with E-state index < -0.39 is 0 Å². The quantitative estimate of drug-likeness (QED) is 0.625. The molecule has 0 aliphatic carbocycles. The van der Waals surface area contributed by atoms with Crippen molar-refractivity contribution < 1.29 is 4.39 Å².